The molecule has 2 aromatic rings. The van der Waals surface area contributed by atoms with Crippen LogP contribution in [-0.4, -0.2) is 46.6 Å². The monoisotopic (exact) mass is 397 g/mol. The van der Waals surface area contributed by atoms with Gasteiger partial charge in [0.1, 0.15) is 5.69 Å². The zero-order valence-electron chi connectivity index (χ0n) is 14.3. The van der Waals surface area contributed by atoms with Crippen molar-refractivity contribution in [1.82, 2.24) is 14.8 Å². The number of nitrogens with one attached hydrogen (secondary N) is 1. The van der Waals surface area contributed by atoms with E-state index < -0.39 is 36.5 Å². The number of thiophene rings is 1. The fraction of sp³-hybridized carbons (Fsp3) is 0.333. The van der Waals surface area contributed by atoms with Crippen molar-refractivity contribution in [3.05, 3.63) is 59.1 Å². The molecule has 0 bridgehead atoms. The van der Waals surface area contributed by atoms with Gasteiger partial charge >= 0.3 is 6.18 Å². The molecule has 3 heterocycles. The molecule has 0 saturated carbocycles. The molecule has 0 radical (unpaired) electrons. The van der Waals surface area contributed by atoms with Gasteiger partial charge in [-0.15, -0.1) is 17.9 Å². The Morgan fingerprint density at radius 1 is 1.30 bits per heavy atom. The molecule has 1 aliphatic heterocycles. The quantitative estimate of drug-likeness (QED) is 0.788. The second-order valence-electron chi connectivity index (χ2n) is 6.25. The van der Waals surface area contributed by atoms with E-state index >= 15 is 0 Å². The summed E-state index contributed by atoms with van der Waals surface area (Å²) in [5.41, 5.74) is 0.293. The number of nitrogens with zero attached hydrogens (tertiary/aromatic N) is 2. The van der Waals surface area contributed by atoms with Gasteiger partial charge < -0.3 is 14.8 Å². The number of hydrogen-bond acceptors (Lipinski definition) is 3. The number of hydrogen-bond donors (Lipinski definition) is 1. The zero-order valence-corrected chi connectivity index (χ0v) is 15.1. The standard InChI is InChI=1S/C18H18F3N3O2S/c1-2-7-23-8-3-5-14(23)17(26)24-10-12(18(19,20)21)13(11-24)22-16(25)15-6-4-9-27-15/h2-6,8-9,12-13H,1,7,10-11H2,(H,22,25)/t12-,13-/m1/s1. The fourth-order valence-corrected chi connectivity index (χ4v) is 3.79. The van der Waals surface area contributed by atoms with Crippen LogP contribution in [-0.2, 0) is 6.54 Å². The molecule has 5 nitrogen and oxygen atoms in total. The van der Waals surface area contributed by atoms with E-state index in [-0.39, 0.29) is 6.54 Å². The Bertz CT molecular complexity index is 829. The average Bonchev–Trinajstić information content (AvgIpc) is 3.34. The van der Waals surface area contributed by atoms with E-state index in [1.54, 1.807) is 46.5 Å². The summed E-state index contributed by atoms with van der Waals surface area (Å²) < 4.78 is 42.1. The lowest BCUT2D eigenvalue weighted by Gasteiger charge is -2.21. The second-order valence-corrected chi connectivity index (χ2v) is 7.20. The first-order valence-electron chi connectivity index (χ1n) is 8.27. The van der Waals surface area contributed by atoms with Gasteiger partial charge in [-0.2, -0.15) is 13.2 Å². The Labute approximate surface area is 158 Å². The molecule has 1 N–H and O–H groups in total. The molecule has 144 valence electrons. The molecule has 9 heteroatoms. The molecule has 1 saturated heterocycles. The highest BCUT2D eigenvalue weighted by molar-refractivity contribution is 7.12. The minimum absolute atomic E-state index is 0.195. The summed E-state index contributed by atoms with van der Waals surface area (Å²) in [4.78, 5) is 26.4. The Kier molecular flexibility index (Phi) is 5.41. The van der Waals surface area contributed by atoms with E-state index in [1.807, 2.05) is 0 Å². The average molecular weight is 397 g/mol. The molecule has 1 fully saturated rings. The number of halogens is 3. The van der Waals surface area contributed by atoms with Gasteiger partial charge in [0.05, 0.1) is 16.8 Å². The van der Waals surface area contributed by atoms with Gasteiger partial charge in [0, 0.05) is 25.8 Å². The molecule has 1 aliphatic rings. The number of carbonyl (C=O) groups excluding carboxylic acids is 2. The molecule has 3 rings (SSSR count). The van der Waals surface area contributed by atoms with Crippen LogP contribution in [0, 0.1) is 5.92 Å². The summed E-state index contributed by atoms with van der Waals surface area (Å²) in [5, 5.41) is 4.12. The molecule has 0 unspecified atom stereocenters. The molecule has 0 spiro atoms. The SMILES string of the molecule is C=CCn1cccc1C(=O)N1C[C@@H](C(F)(F)F)[C@H](NC(=O)c2cccs2)C1. The molecule has 2 aromatic heterocycles. The van der Waals surface area contributed by atoms with E-state index in [2.05, 4.69) is 11.9 Å². The number of rotatable bonds is 5. The topological polar surface area (TPSA) is 54.3 Å². The summed E-state index contributed by atoms with van der Waals surface area (Å²) in [5.74, 6) is -2.87. The predicted octanol–water partition coefficient (Wildman–Crippen LogP) is 3.17. The van der Waals surface area contributed by atoms with Crippen LogP contribution in [0.25, 0.3) is 0 Å². The minimum Gasteiger partial charge on any atom is -0.346 e. The zero-order chi connectivity index (χ0) is 19.6. The second kappa shape index (κ2) is 7.59. The van der Waals surface area contributed by atoms with E-state index in [0.29, 0.717) is 17.1 Å². The number of allylic oxidation sites excluding steroid dienone is 1. The lowest BCUT2D eigenvalue weighted by atomic mass is 10.0. The number of alkyl halides is 3. The third-order valence-electron chi connectivity index (χ3n) is 4.46. The van der Waals surface area contributed by atoms with Crippen LogP contribution < -0.4 is 5.32 Å². The first-order chi connectivity index (χ1) is 12.8. The van der Waals surface area contributed by atoms with Gasteiger partial charge in [0.15, 0.2) is 0 Å². The highest BCUT2D eigenvalue weighted by atomic mass is 32.1. The highest BCUT2D eigenvalue weighted by Crippen LogP contribution is 2.34. The molecule has 0 aliphatic carbocycles. The Hall–Kier alpha value is -2.55. The molecule has 2 amide bonds. The first-order valence-corrected chi connectivity index (χ1v) is 9.15. The van der Waals surface area contributed by atoms with E-state index in [4.69, 9.17) is 0 Å². The summed E-state index contributed by atoms with van der Waals surface area (Å²) in [6.45, 7) is 3.30. The van der Waals surface area contributed by atoms with Gasteiger partial charge in [-0.05, 0) is 23.6 Å². The summed E-state index contributed by atoms with van der Waals surface area (Å²) in [6, 6.07) is 5.23. The number of amides is 2. The van der Waals surface area contributed by atoms with Crippen molar-refractivity contribution in [2.75, 3.05) is 13.1 Å². The van der Waals surface area contributed by atoms with Crippen molar-refractivity contribution in [3.8, 4) is 0 Å². The smallest absolute Gasteiger partial charge is 0.346 e. The molecular formula is C18H18F3N3O2S. The van der Waals surface area contributed by atoms with Crippen molar-refractivity contribution in [3.63, 3.8) is 0 Å². The Balaban J connectivity index is 1.78. The van der Waals surface area contributed by atoms with Crippen molar-refractivity contribution in [1.29, 1.82) is 0 Å². The van der Waals surface area contributed by atoms with Crippen molar-refractivity contribution < 1.29 is 22.8 Å². The first kappa shape index (κ1) is 19.2. The van der Waals surface area contributed by atoms with Crippen LogP contribution in [0.15, 0.2) is 48.5 Å². The third kappa shape index (κ3) is 4.08. The maximum atomic E-state index is 13.5. The molecule has 2 atom stereocenters. The van der Waals surface area contributed by atoms with Crippen LogP contribution in [0.5, 0.6) is 0 Å². The highest BCUT2D eigenvalue weighted by Gasteiger charge is 2.51. The van der Waals surface area contributed by atoms with E-state index in [9.17, 15) is 22.8 Å². The van der Waals surface area contributed by atoms with Gasteiger partial charge in [-0.25, -0.2) is 0 Å². The van der Waals surface area contributed by atoms with Crippen LogP contribution in [0.3, 0.4) is 0 Å². The van der Waals surface area contributed by atoms with Crippen LogP contribution in [0.4, 0.5) is 13.2 Å². The predicted molar refractivity (Wildman–Crippen MR) is 95.7 cm³/mol. The van der Waals surface area contributed by atoms with Crippen LogP contribution in [0.1, 0.15) is 20.2 Å². The molecular weight excluding hydrogens is 379 g/mol. The van der Waals surface area contributed by atoms with Crippen LogP contribution in [0.2, 0.25) is 0 Å². The lowest BCUT2D eigenvalue weighted by Crippen LogP contribution is -2.45. The summed E-state index contributed by atoms with van der Waals surface area (Å²) in [7, 11) is 0. The summed E-state index contributed by atoms with van der Waals surface area (Å²) >= 11 is 1.15. The normalized spacial score (nSPS) is 19.9. The maximum absolute atomic E-state index is 13.5. The third-order valence-corrected chi connectivity index (χ3v) is 5.33. The molecule has 27 heavy (non-hydrogen) atoms. The van der Waals surface area contributed by atoms with Gasteiger partial charge in [0.25, 0.3) is 11.8 Å². The largest absolute Gasteiger partial charge is 0.395 e. The Morgan fingerprint density at radius 2 is 2.07 bits per heavy atom. The van der Waals surface area contributed by atoms with Gasteiger partial charge in [0.2, 0.25) is 0 Å². The van der Waals surface area contributed by atoms with Crippen molar-refractivity contribution in [2.24, 2.45) is 5.92 Å². The van der Waals surface area contributed by atoms with Crippen molar-refractivity contribution >= 4 is 23.2 Å². The lowest BCUT2D eigenvalue weighted by molar-refractivity contribution is -0.174. The van der Waals surface area contributed by atoms with E-state index in [1.165, 1.54) is 0 Å². The van der Waals surface area contributed by atoms with Gasteiger partial charge in [-0.1, -0.05) is 12.1 Å². The van der Waals surface area contributed by atoms with Crippen molar-refractivity contribution in [2.45, 2.75) is 18.8 Å². The minimum atomic E-state index is -4.52. The van der Waals surface area contributed by atoms with Crippen LogP contribution >= 0.6 is 11.3 Å². The van der Waals surface area contributed by atoms with E-state index in [0.717, 1.165) is 16.2 Å². The number of carbonyl (C=O) groups is 2. The maximum Gasteiger partial charge on any atom is 0.395 e. The number of aromatic nitrogens is 1. The molecule has 0 aromatic carbocycles. The Morgan fingerprint density at radius 3 is 2.70 bits per heavy atom. The van der Waals surface area contributed by atoms with Gasteiger partial charge in [-0.3, -0.25) is 9.59 Å². The number of likely N-dealkylation sites (tertiary alicyclic amines) is 1. The fourth-order valence-electron chi connectivity index (χ4n) is 3.16. The summed E-state index contributed by atoms with van der Waals surface area (Å²) in [6.07, 6.45) is -1.25.